The van der Waals surface area contributed by atoms with E-state index >= 15 is 0 Å². The van der Waals surface area contributed by atoms with E-state index in [0.717, 1.165) is 11.5 Å². The van der Waals surface area contributed by atoms with Gasteiger partial charge in [-0.15, -0.1) is 0 Å². The molecule has 0 saturated heterocycles. The first kappa shape index (κ1) is 11.9. The zero-order valence-electron chi connectivity index (χ0n) is 8.86. The van der Waals surface area contributed by atoms with Crippen LogP contribution in [0.1, 0.15) is 5.56 Å². The quantitative estimate of drug-likeness (QED) is 0.642. The van der Waals surface area contributed by atoms with Gasteiger partial charge in [0.1, 0.15) is 0 Å². The van der Waals surface area contributed by atoms with Crippen molar-refractivity contribution >= 4 is 11.8 Å². The molecule has 0 amide bonds. The average molecular weight is 216 g/mol. The molecule has 78 valence electrons. The molecule has 0 bridgehead atoms. The molecule has 0 radical (unpaired) electrons. The van der Waals surface area contributed by atoms with Gasteiger partial charge in [-0.05, 0) is 11.1 Å². The molecule has 1 aromatic rings. The molecule has 1 heteroatoms. The molecule has 0 spiro atoms. The van der Waals surface area contributed by atoms with E-state index in [0.29, 0.717) is 0 Å². The molecule has 15 heavy (non-hydrogen) atoms. The summed E-state index contributed by atoms with van der Waals surface area (Å²) in [6, 6.07) is 10.5. The molecule has 1 aromatic carbocycles. The lowest BCUT2D eigenvalue weighted by atomic mass is 10.2. The Hall–Kier alpha value is -1.21. The third-order valence-corrected chi connectivity index (χ3v) is 3.05. The predicted octanol–water partition coefficient (Wildman–Crippen LogP) is 4.22. The van der Waals surface area contributed by atoms with Crippen molar-refractivity contribution in [1.82, 2.24) is 0 Å². The highest BCUT2D eigenvalue weighted by molar-refractivity contribution is 7.98. The summed E-state index contributed by atoms with van der Waals surface area (Å²) in [5.41, 5.74) is 2.59. The number of thioether (sulfide) groups is 1. The van der Waals surface area contributed by atoms with E-state index in [-0.39, 0.29) is 0 Å². The second kappa shape index (κ2) is 7.13. The normalized spacial score (nSPS) is 11.1. The number of allylic oxidation sites excluding steroid dienone is 3. The van der Waals surface area contributed by atoms with Crippen molar-refractivity contribution in [3.8, 4) is 0 Å². The van der Waals surface area contributed by atoms with Gasteiger partial charge >= 0.3 is 0 Å². The lowest BCUT2D eigenvalue weighted by Crippen LogP contribution is -1.85. The van der Waals surface area contributed by atoms with Crippen molar-refractivity contribution in [1.29, 1.82) is 0 Å². The first-order valence-electron chi connectivity index (χ1n) is 4.92. The summed E-state index contributed by atoms with van der Waals surface area (Å²) in [7, 11) is 0. The highest BCUT2D eigenvalue weighted by Gasteiger charge is 1.94. The van der Waals surface area contributed by atoms with Crippen LogP contribution in [0.4, 0.5) is 0 Å². The number of hydrogen-bond donors (Lipinski definition) is 0. The summed E-state index contributed by atoms with van der Waals surface area (Å²) in [6.07, 6.45) is 5.70. The van der Waals surface area contributed by atoms with E-state index in [9.17, 15) is 0 Å². The molecule has 1 rings (SSSR count). The largest absolute Gasteiger partial charge is 0.152 e. The molecule has 0 saturated carbocycles. The van der Waals surface area contributed by atoms with Gasteiger partial charge in [-0.2, -0.15) is 11.8 Å². The Morgan fingerprint density at radius 2 is 1.93 bits per heavy atom. The minimum atomic E-state index is 0.990. The molecule has 0 fully saturated rings. The molecule has 0 atom stereocenters. The van der Waals surface area contributed by atoms with Crippen LogP contribution in [0.3, 0.4) is 0 Å². The molecule has 0 heterocycles. The minimum absolute atomic E-state index is 0.990. The first-order chi connectivity index (χ1) is 7.36. The highest BCUT2D eigenvalue weighted by atomic mass is 32.2. The van der Waals surface area contributed by atoms with Gasteiger partial charge in [-0.1, -0.05) is 61.7 Å². The van der Waals surface area contributed by atoms with Crippen molar-refractivity contribution in [3.63, 3.8) is 0 Å². The van der Waals surface area contributed by atoms with Gasteiger partial charge in [-0.25, -0.2) is 0 Å². The fourth-order valence-corrected chi connectivity index (χ4v) is 2.17. The SMILES string of the molecule is C=C/C=C(\C=C)CSCc1ccccc1. The Morgan fingerprint density at radius 3 is 2.53 bits per heavy atom. The maximum absolute atomic E-state index is 3.78. The van der Waals surface area contributed by atoms with Crippen LogP contribution in [0.25, 0.3) is 0 Å². The van der Waals surface area contributed by atoms with Crippen LogP contribution in [0.2, 0.25) is 0 Å². The zero-order chi connectivity index (χ0) is 10.9. The summed E-state index contributed by atoms with van der Waals surface area (Å²) >= 11 is 1.89. The van der Waals surface area contributed by atoms with E-state index in [1.54, 1.807) is 6.08 Å². The van der Waals surface area contributed by atoms with Crippen LogP contribution in [-0.2, 0) is 5.75 Å². The Bertz CT molecular complexity index is 336. The molecular formula is C14H16S. The van der Waals surface area contributed by atoms with Crippen molar-refractivity contribution in [3.05, 3.63) is 72.9 Å². The average Bonchev–Trinajstić information content (AvgIpc) is 2.29. The molecule has 0 N–H and O–H groups in total. The van der Waals surface area contributed by atoms with Crippen molar-refractivity contribution in [2.75, 3.05) is 5.75 Å². The topological polar surface area (TPSA) is 0 Å². The third kappa shape index (κ3) is 4.71. The Balaban J connectivity index is 2.36. The fourth-order valence-electron chi connectivity index (χ4n) is 1.19. The summed E-state index contributed by atoms with van der Waals surface area (Å²) in [4.78, 5) is 0. The standard InChI is InChI=1S/C14H16S/c1-3-8-13(4-2)11-15-12-14-9-6-5-7-10-14/h3-10H,1-2,11-12H2/b13-8+. The Labute approximate surface area is 96.4 Å². The van der Waals surface area contributed by atoms with Crippen molar-refractivity contribution in [2.45, 2.75) is 5.75 Å². The van der Waals surface area contributed by atoms with Crippen LogP contribution < -0.4 is 0 Å². The molecule has 0 nitrogen and oxygen atoms in total. The van der Waals surface area contributed by atoms with Gasteiger partial charge < -0.3 is 0 Å². The van der Waals surface area contributed by atoms with Gasteiger partial charge in [-0.3, -0.25) is 0 Å². The van der Waals surface area contributed by atoms with Crippen LogP contribution >= 0.6 is 11.8 Å². The van der Waals surface area contributed by atoms with Gasteiger partial charge in [0.05, 0.1) is 0 Å². The number of hydrogen-bond acceptors (Lipinski definition) is 1. The summed E-state index contributed by atoms with van der Waals surface area (Å²) in [6.45, 7) is 7.46. The highest BCUT2D eigenvalue weighted by Crippen LogP contribution is 2.15. The summed E-state index contributed by atoms with van der Waals surface area (Å²) in [5.74, 6) is 2.04. The van der Waals surface area contributed by atoms with Crippen LogP contribution in [0.15, 0.2) is 67.3 Å². The molecule has 0 unspecified atom stereocenters. The first-order valence-corrected chi connectivity index (χ1v) is 6.08. The third-order valence-electron chi connectivity index (χ3n) is 1.97. The summed E-state index contributed by atoms with van der Waals surface area (Å²) < 4.78 is 0. The second-order valence-corrected chi connectivity index (χ2v) is 4.15. The lowest BCUT2D eigenvalue weighted by molar-refractivity contribution is 1.40. The predicted molar refractivity (Wildman–Crippen MR) is 71.1 cm³/mol. The number of benzene rings is 1. The lowest BCUT2D eigenvalue weighted by Gasteiger charge is -2.02. The van der Waals surface area contributed by atoms with Crippen LogP contribution in [0.5, 0.6) is 0 Å². The van der Waals surface area contributed by atoms with Crippen molar-refractivity contribution < 1.29 is 0 Å². The van der Waals surface area contributed by atoms with Crippen LogP contribution in [-0.4, -0.2) is 5.75 Å². The second-order valence-electron chi connectivity index (χ2n) is 3.16. The molecular weight excluding hydrogens is 200 g/mol. The van der Waals surface area contributed by atoms with Gasteiger partial charge in [0.15, 0.2) is 0 Å². The van der Waals surface area contributed by atoms with E-state index in [1.165, 1.54) is 11.1 Å². The van der Waals surface area contributed by atoms with Crippen LogP contribution in [0, 0.1) is 0 Å². The molecule has 0 aliphatic rings. The Kier molecular flexibility index (Phi) is 5.64. The van der Waals surface area contributed by atoms with Gasteiger partial charge in [0, 0.05) is 11.5 Å². The van der Waals surface area contributed by atoms with E-state index < -0.39 is 0 Å². The fraction of sp³-hybridized carbons (Fsp3) is 0.143. The maximum atomic E-state index is 3.78. The van der Waals surface area contributed by atoms with Crippen molar-refractivity contribution in [2.24, 2.45) is 0 Å². The number of rotatable bonds is 6. The zero-order valence-corrected chi connectivity index (χ0v) is 9.67. The molecule has 0 aromatic heterocycles. The van der Waals surface area contributed by atoms with Gasteiger partial charge in [0.2, 0.25) is 0 Å². The molecule has 0 aliphatic heterocycles. The van der Waals surface area contributed by atoms with E-state index in [4.69, 9.17) is 0 Å². The molecule has 0 aliphatic carbocycles. The summed E-state index contributed by atoms with van der Waals surface area (Å²) in [5, 5.41) is 0. The maximum Gasteiger partial charge on any atom is 0.0187 e. The van der Waals surface area contributed by atoms with E-state index in [2.05, 4.69) is 37.4 Å². The monoisotopic (exact) mass is 216 g/mol. The smallest absolute Gasteiger partial charge is 0.0187 e. The Morgan fingerprint density at radius 1 is 1.20 bits per heavy atom. The van der Waals surface area contributed by atoms with E-state index in [1.807, 2.05) is 30.0 Å². The van der Waals surface area contributed by atoms with Gasteiger partial charge in [0.25, 0.3) is 0 Å². The minimum Gasteiger partial charge on any atom is -0.152 e.